The number of likely N-dealkylation sites (N-methyl/N-ethyl adjacent to an activating group) is 1. The number of hydrogen-bond acceptors (Lipinski definition) is 6. The summed E-state index contributed by atoms with van der Waals surface area (Å²) in [5.41, 5.74) is 0.281. The zero-order valence-corrected chi connectivity index (χ0v) is 21.4. The lowest BCUT2D eigenvalue weighted by atomic mass is 10.1. The van der Waals surface area contributed by atoms with Gasteiger partial charge in [-0.25, -0.2) is 13.8 Å². The van der Waals surface area contributed by atoms with Gasteiger partial charge in [0, 0.05) is 29.8 Å². The van der Waals surface area contributed by atoms with Gasteiger partial charge >= 0.3 is 0 Å². The van der Waals surface area contributed by atoms with E-state index in [9.17, 15) is 23.5 Å². The number of hydrogen-bond donors (Lipinski definition) is 2. The Labute approximate surface area is 220 Å². The smallest absolute Gasteiger partial charge is 0.272 e. The second-order valence-electron chi connectivity index (χ2n) is 9.25. The molecule has 0 bridgehead atoms. The van der Waals surface area contributed by atoms with Crippen LogP contribution in [0.4, 0.5) is 14.5 Å². The molecule has 0 radical (unpaired) electrons. The number of benzene rings is 2. The molecule has 2 amide bonds. The number of amides is 2. The molecule has 0 spiro atoms. The Hall–Kier alpha value is -4.27. The number of nitrogens with one attached hydrogen (secondary N) is 1. The van der Waals surface area contributed by atoms with Gasteiger partial charge in [-0.15, -0.1) is 11.3 Å². The number of aliphatic hydroxyl groups is 1. The number of ether oxygens (including phenoxy) is 1. The fourth-order valence-electron chi connectivity index (χ4n) is 3.92. The Morgan fingerprint density at radius 3 is 2.82 bits per heavy atom. The molecule has 2 N–H and O–H groups in total. The number of halogens is 2. The molecular formula is C27H22F2N4O4S. The van der Waals surface area contributed by atoms with Crippen molar-refractivity contribution in [2.75, 3.05) is 18.6 Å². The normalized spacial score (nSPS) is 15.4. The van der Waals surface area contributed by atoms with Crippen LogP contribution in [-0.2, 0) is 4.79 Å². The molecule has 2 aromatic carbocycles. The molecule has 0 unspecified atom stereocenters. The van der Waals surface area contributed by atoms with E-state index in [1.54, 1.807) is 44.5 Å². The summed E-state index contributed by atoms with van der Waals surface area (Å²) < 4.78 is 35.4. The number of fused-ring (bicyclic) bond motifs is 2. The van der Waals surface area contributed by atoms with Crippen molar-refractivity contribution < 1.29 is 28.2 Å². The second kappa shape index (κ2) is 9.55. The maximum Gasteiger partial charge on any atom is 0.272 e. The van der Waals surface area contributed by atoms with Gasteiger partial charge in [-0.05, 0) is 50.2 Å². The Balaban J connectivity index is 1.37. The number of nitrogens with zero attached hydrogens (tertiary/aromatic N) is 3. The monoisotopic (exact) mass is 536 g/mol. The van der Waals surface area contributed by atoms with Crippen LogP contribution in [0.5, 0.6) is 5.75 Å². The lowest BCUT2D eigenvalue weighted by Gasteiger charge is -2.20. The Bertz CT molecular complexity index is 1640. The fraction of sp³-hybridized carbons (Fsp3) is 0.222. The van der Waals surface area contributed by atoms with E-state index in [1.165, 1.54) is 26.8 Å². The lowest BCUT2D eigenvalue weighted by Crippen LogP contribution is -2.49. The lowest BCUT2D eigenvalue weighted by molar-refractivity contribution is -0.120. The summed E-state index contributed by atoms with van der Waals surface area (Å²) in [5.74, 6) is 3.81. The van der Waals surface area contributed by atoms with Gasteiger partial charge < -0.3 is 20.1 Å². The van der Waals surface area contributed by atoms with Crippen molar-refractivity contribution in [3.8, 4) is 28.8 Å². The van der Waals surface area contributed by atoms with Crippen molar-refractivity contribution in [3.05, 3.63) is 70.9 Å². The number of carbonyl (C=O) groups excluding carboxylic acids is 2. The van der Waals surface area contributed by atoms with E-state index in [2.05, 4.69) is 22.1 Å². The molecule has 1 atom stereocenters. The highest BCUT2D eigenvalue weighted by atomic mass is 32.1. The Morgan fingerprint density at radius 2 is 2.05 bits per heavy atom. The highest BCUT2D eigenvalue weighted by molar-refractivity contribution is 7.15. The third-order valence-corrected chi connectivity index (χ3v) is 6.66. The van der Waals surface area contributed by atoms with Crippen LogP contribution in [0, 0.1) is 23.5 Å². The minimum atomic E-state index is -1.17. The molecule has 0 saturated carbocycles. The minimum absolute atomic E-state index is 0.0105. The number of imidazole rings is 1. The zero-order valence-electron chi connectivity index (χ0n) is 20.6. The minimum Gasteiger partial charge on any atom is -0.489 e. The summed E-state index contributed by atoms with van der Waals surface area (Å²) in [5, 5.41) is 14.1. The van der Waals surface area contributed by atoms with Crippen molar-refractivity contribution in [2.24, 2.45) is 0 Å². The Morgan fingerprint density at radius 1 is 1.26 bits per heavy atom. The average Bonchev–Trinajstić information content (AvgIpc) is 3.44. The molecule has 3 heterocycles. The predicted molar refractivity (Wildman–Crippen MR) is 138 cm³/mol. The first kappa shape index (κ1) is 25.4. The first-order valence-electron chi connectivity index (χ1n) is 11.5. The van der Waals surface area contributed by atoms with Crippen molar-refractivity contribution in [2.45, 2.75) is 25.5 Å². The van der Waals surface area contributed by atoms with Gasteiger partial charge in [-0.2, -0.15) is 0 Å². The van der Waals surface area contributed by atoms with Gasteiger partial charge in [0.05, 0.1) is 11.4 Å². The van der Waals surface area contributed by atoms with Crippen LogP contribution in [0.1, 0.15) is 29.9 Å². The molecule has 8 nitrogen and oxygen atoms in total. The molecular weight excluding hydrogens is 514 g/mol. The van der Waals surface area contributed by atoms with Crippen molar-refractivity contribution in [1.29, 1.82) is 0 Å². The van der Waals surface area contributed by atoms with Crippen molar-refractivity contribution >= 4 is 33.8 Å². The second-order valence-corrected chi connectivity index (χ2v) is 10.1. The summed E-state index contributed by atoms with van der Waals surface area (Å²) in [6.07, 6.45) is 1.41. The molecule has 4 aromatic rings. The maximum atomic E-state index is 14.3. The van der Waals surface area contributed by atoms with Crippen LogP contribution in [0.15, 0.2) is 48.0 Å². The van der Waals surface area contributed by atoms with Gasteiger partial charge in [-0.1, -0.05) is 11.8 Å². The molecule has 11 heteroatoms. The van der Waals surface area contributed by atoms with Crippen LogP contribution in [-0.4, -0.2) is 51.6 Å². The third-order valence-electron chi connectivity index (χ3n) is 5.82. The van der Waals surface area contributed by atoms with Gasteiger partial charge in [0.15, 0.2) is 4.96 Å². The van der Waals surface area contributed by atoms with Gasteiger partial charge in [-0.3, -0.25) is 14.0 Å². The van der Waals surface area contributed by atoms with Gasteiger partial charge in [0.2, 0.25) is 0 Å². The van der Waals surface area contributed by atoms with E-state index in [0.29, 0.717) is 27.7 Å². The van der Waals surface area contributed by atoms with E-state index < -0.39 is 35.1 Å². The molecule has 1 aliphatic rings. The fourth-order valence-corrected chi connectivity index (χ4v) is 4.79. The van der Waals surface area contributed by atoms with Crippen LogP contribution in [0.3, 0.4) is 0 Å². The standard InChI is InChI=1S/C27H22F2N4O4S/c1-27(2,36)9-8-15-4-7-23-21(10-15)32(3)25(35)20(13-37-23)30-24(34)19-12-33-22(14-38-26(33)31-19)17-11-16(28)5-6-18(17)29/h4-7,10-12,14,20,36H,13H2,1-3H3,(H,30,34)/t20-/m0/s1. The topological polar surface area (TPSA) is 96.2 Å². The van der Waals surface area contributed by atoms with Crippen molar-refractivity contribution in [1.82, 2.24) is 14.7 Å². The van der Waals surface area contributed by atoms with Crippen LogP contribution < -0.4 is 15.0 Å². The van der Waals surface area contributed by atoms with Crippen LogP contribution in [0.25, 0.3) is 16.2 Å². The molecule has 0 fully saturated rings. The Kier molecular flexibility index (Phi) is 6.38. The molecule has 2 aromatic heterocycles. The van der Waals surface area contributed by atoms with E-state index in [0.717, 1.165) is 18.2 Å². The van der Waals surface area contributed by atoms with E-state index in [4.69, 9.17) is 4.74 Å². The molecule has 5 rings (SSSR count). The summed E-state index contributed by atoms with van der Waals surface area (Å²) >= 11 is 1.17. The summed E-state index contributed by atoms with van der Waals surface area (Å²) in [6.45, 7) is 3.03. The van der Waals surface area contributed by atoms with Gasteiger partial charge in [0.1, 0.15) is 41.3 Å². The molecule has 0 saturated heterocycles. The largest absolute Gasteiger partial charge is 0.489 e. The van der Waals surface area contributed by atoms with Crippen LogP contribution >= 0.6 is 11.3 Å². The van der Waals surface area contributed by atoms with Crippen molar-refractivity contribution in [3.63, 3.8) is 0 Å². The SMILES string of the molecule is CN1C(=O)[C@@H](NC(=O)c2cn3c(-c4cc(F)ccc4F)csc3n2)COc2ccc(C#CC(C)(C)O)cc21. The molecule has 0 aliphatic carbocycles. The van der Waals surface area contributed by atoms with Crippen LogP contribution in [0.2, 0.25) is 0 Å². The van der Waals surface area contributed by atoms with E-state index in [1.807, 2.05) is 0 Å². The molecule has 38 heavy (non-hydrogen) atoms. The average molecular weight is 537 g/mol. The van der Waals surface area contributed by atoms with E-state index in [-0.39, 0.29) is 17.9 Å². The zero-order chi connectivity index (χ0) is 27.2. The third kappa shape index (κ3) is 4.96. The van der Waals surface area contributed by atoms with Gasteiger partial charge in [0.25, 0.3) is 11.8 Å². The quantitative estimate of drug-likeness (QED) is 0.390. The number of rotatable bonds is 3. The first-order chi connectivity index (χ1) is 18.0. The molecule has 194 valence electrons. The first-order valence-corrected chi connectivity index (χ1v) is 12.4. The number of anilines is 1. The number of thiazole rings is 1. The highest BCUT2D eigenvalue weighted by Crippen LogP contribution is 2.32. The highest BCUT2D eigenvalue weighted by Gasteiger charge is 2.31. The number of aromatic nitrogens is 2. The summed E-state index contributed by atoms with van der Waals surface area (Å²) in [6, 6.07) is 7.19. The van der Waals surface area contributed by atoms with E-state index >= 15 is 0 Å². The summed E-state index contributed by atoms with van der Waals surface area (Å²) in [4.78, 5) is 32.3. The number of carbonyl (C=O) groups is 2. The predicted octanol–water partition coefficient (Wildman–Crippen LogP) is 3.62. The molecule has 1 aliphatic heterocycles. The maximum absolute atomic E-state index is 14.3. The summed E-state index contributed by atoms with van der Waals surface area (Å²) in [7, 11) is 1.56.